The summed E-state index contributed by atoms with van der Waals surface area (Å²) in [6.45, 7) is 0. The number of hydrogen-bond acceptors (Lipinski definition) is 6. The van der Waals surface area contributed by atoms with Crippen LogP contribution in [0.4, 0.5) is 0 Å². The normalized spacial score (nSPS) is 13.3. The Bertz CT molecular complexity index is 984. The van der Waals surface area contributed by atoms with Gasteiger partial charge in [0.15, 0.2) is 11.0 Å². The molecule has 0 radical (unpaired) electrons. The van der Waals surface area contributed by atoms with Gasteiger partial charge in [-0.15, -0.1) is 15.3 Å². The van der Waals surface area contributed by atoms with E-state index in [0.717, 1.165) is 16.5 Å². The number of carbonyl (C=O) groups excluding carboxylic acids is 1. The van der Waals surface area contributed by atoms with Crippen LogP contribution in [0.15, 0.2) is 64.9 Å². The van der Waals surface area contributed by atoms with Gasteiger partial charge in [-0.1, -0.05) is 54.2 Å². The van der Waals surface area contributed by atoms with Crippen LogP contribution in [0.2, 0.25) is 0 Å². The highest BCUT2D eigenvalue weighted by molar-refractivity contribution is 7.99. The zero-order valence-corrected chi connectivity index (χ0v) is 14.7. The Balaban J connectivity index is 1.50. The van der Waals surface area contributed by atoms with E-state index in [4.69, 9.17) is 4.74 Å². The highest BCUT2D eigenvalue weighted by Gasteiger charge is 2.19. The van der Waals surface area contributed by atoms with Crippen LogP contribution in [0.5, 0.6) is 5.75 Å². The van der Waals surface area contributed by atoms with Crippen molar-refractivity contribution in [3.8, 4) is 17.1 Å². The summed E-state index contributed by atoms with van der Waals surface area (Å²) in [6, 6.07) is 16.9. The number of hydrogen-bond donors (Lipinski definition) is 1. The molecule has 7 nitrogen and oxygen atoms in total. The second-order valence-corrected chi connectivity index (χ2v) is 6.51. The molecule has 0 spiro atoms. The van der Waals surface area contributed by atoms with Crippen LogP contribution in [0.1, 0.15) is 10.4 Å². The van der Waals surface area contributed by atoms with Gasteiger partial charge in [0.2, 0.25) is 5.90 Å². The largest absolute Gasteiger partial charge is 0.440 e. The van der Waals surface area contributed by atoms with Gasteiger partial charge in [0.05, 0.1) is 11.3 Å². The lowest BCUT2D eigenvalue weighted by molar-refractivity contribution is 0.0955. The summed E-state index contributed by atoms with van der Waals surface area (Å²) in [5.41, 5.74) is 3.96. The third-order valence-corrected chi connectivity index (χ3v) is 4.84. The summed E-state index contributed by atoms with van der Waals surface area (Å²) in [5, 5.41) is 13.3. The van der Waals surface area contributed by atoms with Crippen LogP contribution < -0.4 is 10.2 Å². The maximum Gasteiger partial charge on any atom is 0.275 e. The lowest BCUT2D eigenvalue weighted by Gasteiger charge is -2.07. The van der Waals surface area contributed by atoms with Gasteiger partial charge < -0.3 is 9.30 Å². The predicted molar refractivity (Wildman–Crippen MR) is 99.1 cm³/mol. The van der Waals surface area contributed by atoms with Crippen LogP contribution in [-0.2, 0) is 7.05 Å². The fourth-order valence-electron chi connectivity index (χ4n) is 2.53. The molecule has 0 aliphatic carbocycles. The molecule has 0 bridgehead atoms. The van der Waals surface area contributed by atoms with Gasteiger partial charge in [0.25, 0.3) is 5.91 Å². The van der Waals surface area contributed by atoms with Crippen LogP contribution in [0.25, 0.3) is 11.4 Å². The Morgan fingerprint density at radius 2 is 1.85 bits per heavy atom. The number of hydrazone groups is 1. The number of nitrogens with zero attached hydrogens (tertiary/aromatic N) is 4. The number of thioether (sulfide) groups is 1. The first kappa shape index (κ1) is 16.3. The molecule has 0 atom stereocenters. The van der Waals surface area contributed by atoms with E-state index in [0.29, 0.717) is 23.0 Å². The topological polar surface area (TPSA) is 81.4 Å². The number of amides is 1. The maximum absolute atomic E-state index is 12.0. The summed E-state index contributed by atoms with van der Waals surface area (Å²) < 4.78 is 7.69. The summed E-state index contributed by atoms with van der Waals surface area (Å²) in [4.78, 5) is 12.0. The van der Waals surface area contributed by atoms with Crippen molar-refractivity contribution in [1.29, 1.82) is 0 Å². The molecule has 1 N–H and O–H groups in total. The minimum atomic E-state index is -0.286. The molecule has 3 aromatic rings. The number of rotatable bonds is 4. The number of nitrogens with one attached hydrogen (secondary N) is 1. The predicted octanol–water partition coefficient (Wildman–Crippen LogP) is 2.71. The summed E-state index contributed by atoms with van der Waals surface area (Å²) >= 11 is 1.44. The average Bonchev–Trinajstić information content (AvgIpc) is 2.96. The molecule has 130 valence electrons. The number of ether oxygens (including phenoxy) is 1. The number of benzene rings is 2. The van der Waals surface area contributed by atoms with Gasteiger partial charge in [-0.05, 0) is 12.1 Å². The van der Waals surface area contributed by atoms with Crippen molar-refractivity contribution in [2.45, 2.75) is 5.16 Å². The first-order valence-electron chi connectivity index (χ1n) is 7.94. The molecule has 1 aromatic heterocycles. The van der Waals surface area contributed by atoms with Crippen LogP contribution in [-0.4, -0.2) is 32.3 Å². The minimum absolute atomic E-state index is 0.286. The van der Waals surface area contributed by atoms with Crippen molar-refractivity contribution < 1.29 is 9.53 Å². The molecule has 1 aliphatic heterocycles. The summed E-state index contributed by atoms with van der Waals surface area (Å²) in [7, 11) is 1.91. The van der Waals surface area contributed by atoms with E-state index in [9.17, 15) is 4.79 Å². The molecular weight excluding hydrogens is 350 g/mol. The van der Waals surface area contributed by atoms with E-state index in [1.165, 1.54) is 11.8 Å². The van der Waals surface area contributed by atoms with Gasteiger partial charge in [0, 0.05) is 12.6 Å². The fourth-order valence-corrected chi connectivity index (χ4v) is 3.29. The van der Waals surface area contributed by atoms with E-state index in [2.05, 4.69) is 20.7 Å². The summed E-state index contributed by atoms with van der Waals surface area (Å²) in [5.74, 6) is 1.80. The minimum Gasteiger partial charge on any atom is -0.440 e. The molecule has 1 aliphatic rings. The van der Waals surface area contributed by atoms with Crippen molar-refractivity contribution in [1.82, 2.24) is 20.2 Å². The maximum atomic E-state index is 12.0. The van der Waals surface area contributed by atoms with E-state index in [-0.39, 0.29) is 5.91 Å². The van der Waals surface area contributed by atoms with Crippen molar-refractivity contribution in [2.75, 3.05) is 5.75 Å². The Hall–Kier alpha value is -3.13. The standard InChI is InChI=1S/C18H15N5O2S/c1-23-16(12-7-3-2-4-8-12)20-22-18(23)26-11-15-19-21-17(24)13-9-5-6-10-14(13)25-15/h2-10H,11H2,1H3,(H,21,24). The Labute approximate surface area is 154 Å². The number of para-hydroxylation sites is 1. The first-order valence-corrected chi connectivity index (χ1v) is 8.92. The van der Waals surface area contributed by atoms with Crippen LogP contribution >= 0.6 is 11.8 Å². The second kappa shape index (κ2) is 7.01. The molecule has 8 heteroatoms. The zero-order valence-electron chi connectivity index (χ0n) is 13.9. The van der Waals surface area contributed by atoms with Crippen molar-refractivity contribution in [3.05, 3.63) is 60.2 Å². The molecule has 26 heavy (non-hydrogen) atoms. The van der Waals surface area contributed by atoms with Gasteiger partial charge in [-0.25, -0.2) is 5.43 Å². The third-order valence-electron chi connectivity index (χ3n) is 3.83. The number of carbonyl (C=O) groups is 1. The van der Waals surface area contributed by atoms with E-state index in [1.807, 2.05) is 48.0 Å². The highest BCUT2D eigenvalue weighted by Crippen LogP contribution is 2.24. The Kier molecular flexibility index (Phi) is 4.40. The van der Waals surface area contributed by atoms with E-state index in [1.54, 1.807) is 18.2 Å². The monoisotopic (exact) mass is 365 g/mol. The van der Waals surface area contributed by atoms with Crippen molar-refractivity contribution in [2.24, 2.45) is 12.1 Å². The van der Waals surface area contributed by atoms with E-state index >= 15 is 0 Å². The Morgan fingerprint density at radius 3 is 2.69 bits per heavy atom. The number of aromatic nitrogens is 3. The molecular formula is C18H15N5O2S. The van der Waals surface area contributed by atoms with Crippen LogP contribution in [0, 0.1) is 0 Å². The first-order chi connectivity index (χ1) is 12.7. The van der Waals surface area contributed by atoms with Crippen molar-refractivity contribution in [3.63, 3.8) is 0 Å². The van der Waals surface area contributed by atoms with Gasteiger partial charge >= 0.3 is 0 Å². The quantitative estimate of drug-likeness (QED) is 0.719. The molecule has 1 amide bonds. The van der Waals surface area contributed by atoms with Gasteiger partial charge in [-0.2, -0.15) is 0 Å². The lowest BCUT2D eigenvalue weighted by atomic mass is 10.2. The smallest absolute Gasteiger partial charge is 0.275 e. The molecule has 2 aromatic carbocycles. The summed E-state index contributed by atoms with van der Waals surface area (Å²) in [6.07, 6.45) is 0. The van der Waals surface area contributed by atoms with Crippen molar-refractivity contribution >= 4 is 23.6 Å². The Morgan fingerprint density at radius 1 is 1.08 bits per heavy atom. The SMILES string of the molecule is Cn1c(SCC2=NNC(=O)c3ccccc3O2)nnc1-c1ccccc1. The second-order valence-electron chi connectivity index (χ2n) is 5.56. The molecule has 4 rings (SSSR count). The van der Waals surface area contributed by atoms with Gasteiger partial charge in [-0.3, -0.25) is 4.79 Å². The zero-order chi connectivity index (χ0) is 17.9. The molecule has 0 unspecified atom stereocenters. The lowest BCUT2D eigenvalue weighted by Crippen LogP contribution is -2.18. The molecule has 0 fully saturated rings. The van der Waals surface area contributed by atoms with Crippen LogP contribution in [0.3, 0.4) is 0 Å². The highest BCUT2D eigenvalue weighted by atomic mass is 32.2. The van der Waals surface area contributed by atoms with Gasteiger partial charge in [0.1, 0.15) is 5.75 Å². The number of fused-ring (bicyclic) bond motifs is 1. The fraction of sp³-hybridized carbons (Fsp3) is 0.111. The third kappa shape index (κ3) is 3.18. The molecule has 0 saturated carbocycles. The average molecular weight is 365 g/mol. The van der Waals surface area contributed by atoms with E-state index < -0.39 is 0 Å². The molecule has 0 saturated heterocycles. The molecule has 2 heterocycles.